The maximum Gasteiger partial charge on any atom is 0.282 e. The molecule has 2 atom stereocenters. The van der Waals surface area contributed by atoms with Crippen LogP contribution >= 0.6 is 0 Å². The van der Waals surface area contributed by atoms with Gasteiger partial charge >= 0.3 is 0 Å². The summed E-state index contributed by atoms with van der Waals surface area (Å²) >= 11 is 0. The molecule has 0 radical (unpaired) electrons. The van der Waals surface area contributed by atoms with Crippen molar-refractivity contribution in [1.29, 1.82) is 0 Å². The Labute approximate surface area is 142 Å². The Kier molecular flexibility index (Phi) is 6.48. The molecule has 7 nitrogen and oxygen atoms in total. The van der Waals surface area contributed by atoms with Gasteiger partial charge in [0.15, 0.2) is 12.6 Å². The molecule has 1 aromatic rings. The number of hydrogen-bond donors (Lipinski definition) is 4. The molecule has 3 amide bonds. The number of nitrogens with one attached hydrogen (secondary N) is 3. The molecule has 5 N–H and O–H groups in total. The number of hydrogen-bond acceptors (Lipinski definition) is 3. The van der Waals surface area contributed by atoms with Crippen molar-refractivity contribution in [2.75, 3.05) is 18.9 Å². The first-order valence-electron chi connectivity index (χ1n) is 7.83. The third kappa shape index (κ3) is 6.37. The van der Waals surface area contributed by atoms with Gasteiger partial charge in [-0.15, -0.1) is 0 Å². The maximum absolute atomic E-state index is 12.3. The van der Waals surface area contributed by atoms with E-state index in [-0.39, 0.29) is 23.9 Å². The number of amides is 3. The van der Waals surface area contributed by atoms with Crippen LogP contribution in [-0.4, -0.2) is 42.9 Å². The minimum absolute atomic E-state index is 0.106. The van der Waals surface area contributed by atoms with Gasteiger partial charge in [0.25, 0.3) is 11.8 Å². The van der Waals surface area contributed by atoms with Crippen molar-refractivity contribution >= 4 is 23.4 Å². The molecule has 0 spiro atoms. The van der Waals surface area contributed by atoms with Crippen LogP contribution in [0.25, 0.3) is 0 Å². The van der Waals surface area contributed by atoms with Gasteiger partial charge in [0.2, 0.25) is 5.91 Å². The topological polar surface area (TPSA) is 106 Å². The summed E-state index contributed by atoms with van der Waals surface area (Å²) in [6, 6.07) is 5.93. The quantitative estimate of drug-likeness (QED) is 0.565. The molecule has 132 valence electrons. The van der Waals surface area contributed by atoms with E-state index in [1.165, 1.54) is 0 Å². The number of quaternary nitrogens is 1. The van der Waals surface area contributed by atoms with Crippen LogP contribution in [0, 0.1) is 0 Å². The number of rotatable bonds is 6. The predicted octanol–water partition coefficient (Wildman–Crippen LogP) is -0.458. The Balaban J connectivity index is 2.60. The minimum Gasteiger partial charge on any atom is -0.366 e. The zero-order chi connectivity index (χ0) is 18.5. The molecule has 0 aliphatic carbocycles. The highest BCUT2D eigenvalue weighted by Crippen LogP contribution is 2.09. The second kappa shape index (κ2) is 7.92. The van der Waals surface area contributed by atoms with Gasteiger partial charge in [-0.05, 0) is 52.0 Å². The molecule has 1 unspecified atom stereocenters. The van der Waals surface area contributed by atoms with E-state index in [4.69, 9.17) is 5.73 Å². The predicted molar refractivity (Wildman–Crippen MR) is 92.7 cm³/mol. The molecule has 0 aliphatic rings. The molecule has 0 fully saturated rings. The van der Waals surface area contributed by atoms with Crippen LogP contribution in [0.5, 0.6) is 0 Å². The summed E-state index contributed by atoms with van der Waals surface area (Å²) in [6.45, 7) is 7.68. The van der Waals surface area contributed by atoms with Crippen molar-refractivity contribution in [2.45, 2.75) is 39.3 Å². The van der Waals surface area contributed by atoms with Crippen molar-refractivity contribution in [3.8, 4) is 0 Å². The first-order chi connectivity index (χ1) is 11.0. The Hall–Kier alpha value is -2.41. The molecule has 0 heterocycles. The summed E-state index contributed by atoms with van der Waals surface area (Å²) in [6.07, 6.45) is 0. The van der Waals surface area contributed by atoms with Crippen molar-refractivity contribution in [2.24, 2.45) is 5.73 Å². The third-order valence-corrected chi connectivity index (χ3v) is 3.52. The first kappa shape index (κ1) is 19.6. The summed E-state index contributed by atoms with van der Waals surface area (Å²) in [5.41, 5.74) is 5.83. The van der Waals surface area contributed by atoms with E-state index in [1.807, 2.05) is 20.8 Å². The lowest BCUT2D eigenvalue weighted by molar-refractivity contribution is -0.885. The molecule has 0 saturated carbocycles. The van der Waals surface area contributed by atoms with Gasteiger partial charge < -0.3 is 21.3 Å². The highest BCUT2D eigenvalue weighted by atomic mass is 16.2. The van der Waals surface area contributed by atoms with Crippen molar-refractivity contribution in [3.05, 3.63) is 29.8 Å². The normalized spacial score (nSPS) is 13.7. The smallest absolute Gasteiger partial charge is 0.282 e. The molecule has 1 aromatic carbocycles. The number of nitrogens with two attached hydrogens (primary N) is 1. The van der Waals surface area contributed by atoms with E-state index in [0.717, 1.165) is 4.90 Å². The number of primary amides is 1. The Bertz CT molecular complexity index is 605. The van der Waals surface area contributed by atoms with Gasteiger partial charge in [0, 0.05) is 16.8 Å². The zero-order valence-corrected chi connectivity index (χ0v) is 14.9. The monoisotopic (exact) mass is 335 g/mol. The van der Waals surface area contributed by atoms with Gasteiger partial charge in [-0.3, -0.25) is 14.4 Å². The molecule has 0 bridgehead atoms. The third-order valence-electron chi connectivity index (χ3n) is 3.52. The Morgan fingerprint density at radius 1 is 1.17 bits per heavy atom. The second-order valence-electron chi connectivity index (χ2n) is 6.97. The first-order valence-corrected chi connectivity index (χ1v) is 7.83. The Morgan fingerprint density at radius 2 is 1.71 bits per heavy atom. The fourth-order valence-electron chi connectivity index (χ4n) is 2.06. The standard InChI is InChI=1S/C17H26N4O3/c1-11(21(5)10-14(22)20-17(2,3)4)16(24)19-13-8-6-12(7-9-13)15(18)23/h6-9,11H,10H2,1-5H3,(H2,18,23)(H,19,24)(H,20,22)/p+1/t11-/m0/s1. The van der Waals surface area contributed by atoms with Crippen molar-refractivity contribution < 1.29 is 19.3 Å². The van der Waals surface area contributed by atoms with E-state index < -0.39 is 11.9 Å². The summed E-state index contributed by atoms with van der Waals surface area (Å²) < 4.78 is 0. The summed E-state index contributed by atoms with van der Waals surface area (Å²) in [5.74, 6) is -0.830. The SMILES string of the molecule is C[C@@H](C(=O)Nc1ccc(C(N)=O)cc1)[NH+](C)CC(=O)NC(C)(C)C. The summed E-state index contributed by atoms with van der Waals surface area (Å²) in [5, 5.41) is 5.64. The van der Waals surface area contributed by atoms with Gasteiger partial charge in [0.1, 0.15) is 0 Å². The molecule has 7 heteroatoms. The van der Waals surface area contributed by atoms with Crippen LogP contribution in [0.4, 0.5) is 5.69 Å². The van der Waals surface area contributed by atoms with Crippen LogP contribution in [0.3, 0.4) is 0 Å². The fourth-order valence-corrected chi connectivity index (χ4v) is 2.06. The van der Waals surface area contributed by atoms with Crippen LogP contribution in [0.1, 0.15) is 38.1 Å². The molecule has 0 aromatic heterocycles. The van der Waals surface area contributed by atoms with E-state index >= 15 is 0 Å². The largest absolute Gasteiger partial charge is 0.366 e. The van der Waals surface area contributed by atoms with E-state index in [1.54, 1.807) is 38.2 Å². The lowest BCUT2D eigenvalue weighted by atomic mass is 10.1. The summed E-state index contributed by atoms with van der Waals surface area (Å²) in [7, 11) is 1.79. The molecule has 1 rings (SSSR count). The maximum atomic E-state index is 12.3. The number of likely N-dealkylation sites (N-methyl/N-ethyl adjacent to an activating group) is 1. The van der Waals surface area contributed by atoms with Gasteiger partial charge in [-0.1, -0.05) is 0 Å². The average molecular weight is 335 g/mol. The number of carbonyl (C=O) groups excluding carboxylic acids is 3. The molecular weight excluding hydrogens is 308 g/mol. The van der Waals surface area contributed by atoms with E-state index in [0.29, 0.717) is 11.3 Å². The average Bonchev–Trinajstić information content (AvgIpc) is 2.44. The highest BCUT2D eigenvalue weighted by Gasteiger charge is 2.25. The van der Waals surface area contributed by atoms with Gasteiger partial charge in [-0.25, -0.2) is 0 Å². The Morgan fingerprint density at radius 3 is 2.17 bits per heavy atom. The highest BCUT2D eigenvalue weighted by molar-refractivity contribution is 5.96. The van der Waals surface area contributed by atoms with Gasteiger partial charge in [0.05, 0.1) is 7.05 Å². The lowest BCUT2D eigenvalue weighted by Gasteiger charge is -2.24. The molecule has 24 heavy (non-hydrogen) atoms. The van der Waals surface area contributed by atoms with Gasteiger partial charge in [-0.2, -0.15) is 0 Å². The fraction of sp³-hybridized carbons (Fsp3) is 0.471. The van der Waals surface area contributed by atoms with Crippen LogP contribution in [0.2, 0.25) is 0 Å². The van der Waals surface area contributed by atoms with E-state index in [9.17, 15) is 14.4 Å². The number of benzene rings is 1. The zero-order valence-electron chi connectivity index (χ0n) is 14.9. The van der Waals surface area contributed by atoms with Crippen LogP contribution < -0.4 is 21.3 Å². The van der Waals surface area contributed by atoms with Crippen molar-refractivity contribution in [1.82, 2.24) is 5.32 Å². The lowest BCUT2D eigenvalue weighted by Crippen LogP contribution is -3.15. The number of anilines is 1. The van der Waals surface area contributed by atoms with Crippen LogP contribution in [-0.2, 0) is 9.59 Å². The van der Waals surface area contributed by atoms with E-state index in [2.05, 4.69) is 10.6 Å². The number of carbonyl (C=O) groups is 3. The molecule has 0 aliphatic heterocycles. The minimum atomic E-state index is -0.518. The molecule has 0 saturated heterocycles. The van der Waals surface area contributed by atoms with Crippen molar-refractivity contribution in [3.63, 3.8) is 0 Å². The summed E-state index contributed by atoms with van der Waals surface area (Å²) in [4.78, 5) is 36.0. The second-order valence-corrected chi connectivity index (χ2v) is 6.97. The van der Waals surface area contributed by atoms with Crippen LogP contribution in [0.15, 0.2) is 24.3 Å². The molecular formula is C17H27N4O3+.